The summed E-state index contributed by atoms with van der Waals surface area (Å²) in [7, 11) is 1.52. The third kappa shape index (κ3) is 4.11. The number of Topliss-reactive ketones (excluding diaryl/α,β-unsaturated/α-hetero) is 1. The number of ether oxygens (including phenoxy) is 2. The van der Waals surface area contributed by atoms with E-state index in [9.17, 15) is 14.4 Å². The predicted octanol–water partition coefficient (Wildman–Crippen LogP) is 3.49. The van der Waals surface area contributed by atoms with Crippen molar-refractivity contribution in [2.45, 2.75) is 18.5 Å². The second-order valence-corrected chi connectivity index (χ2v) is 7.85. The lowest BCUT2D eigenvalue weighted by Gasteiger charge is -2.14. The van der Waals surface area contributed by atoms with Crippen molar-refractivity contribution in [3.63, 3.8) is 0 Å². The van der Waals surface area contributed by atoms with E-state index >= 15 is 0 Å². The highest BCUT2D eigenvalue weighted by atomic mass is 32.2. The zero-order valence-corrected chi connectivity index (χ0v) is 18.4. The van der Waals surface area contributed by atoms with E-state index in [-0.39, 0.29) is 30.1 Å². The molecule has 0 saturated carbocycles. The molecule has 2 heterocycles. The number of methoxy groups -OCH3 is 1. The number of carbonyl (C=O) groups is 2. The molecule has 0 aliphatic carbocycles. The van der Waals surface area contributed by atoms with Crippen molar-refractivity contribution < 1.29 is 19.1 Å². The molecule has 2 aromatic carbocycles. The molecule has 4 aromatic rings. The Balaban J connectivity index is 1.83. The summed E-state index contributed by atoms with van der Waals surface area (Å²) in [5.74, 6) is -0.422. The van der Waals surface area contributed by atoms with Crippen molar-refractivity contribution in [3.05, 3.63) is 58.9 Å². The van der Waals surface area contributed by atoms with Gasteiger partial charge in [0.25, 0.3) is 5.56 Å². The monoisotopic (exact) mass is 451 g/mol. The number of H-pyrrole nitrogens is 1. The largest absolute Gasteiger partial charge is 0.495 e. The van der Waals surface area contributed by atoms with E-state index in [1.54, 1.807) is 31.2 Å². The van der Waals surface area contributed by atoms with Crippen LogP contribution < -0.4 is 10.3 Å². The summed E-state index contributed by atoms with van der Waals surface area (Å²) in [6, 6.07) is 14.6. The fourth-order valence-corrected chi connectivity index (χ4v) is 4.29. The first-order valence-corrected chi connectivity index (χ1v) is 11.0. The Morgan fingerprint density at radius 2 is 1.88 bits per heavy atom. The first-order valence-electron chi connectivity index (χ1n) is 10.0. The second kappa shape index (κ2) is 9.27. The molecule has 0 fully saturated rings. The Bertz CT molecular complexity index is 1380. The number of aromatic amines is 1. The van der Waals surface area contributed by atoms with Crippen molar-refractivity contribution in [2.75, 3.05) is 19.5 Å². The number of fused-ring (bicyclic) bond motifs is 3. The molecule has 0 atom stereocenters. The van der Waals surface area contributed by atoms with Gasteiger partial charge in [-0.25, -0.2) is 9.55 Å². The van der Waals surface area contributed by atoms with E-state index in [0.29, 0.717) is 27.6 Å². The number of hydrogen-bond donors (Lipinski definition) is 1. The first-order chi connectivity index (χ1) is 15.5. The maximum atomic E-state index is 13.6. The van der Waals surface area contributed by atoms with Gasteiger partial charge in [-0.1, -0.05) is 42.1 Å². The number of aromatic nitrogens is 3. The van der Waals surface area contributed by atoms with Crippen LogP contribution in [0.3, 0.4) is 0 Å². The van der Waals surface area contributed by atoms with Gasteiger partial charge in [0.15, 0.2) is 10.9 Å². The van der Waals surface area contributed by atoms with Crippen LogP contribution in [0, 0.1) is 0 Å². The Morgan fingerprint density at radius 3 is 2.66 bits per heavy atom. The number of benzene rings is 2. The zero-order chi connectivity index (χ0) is 22.7. The smallest absolute Gasteiger partial charge is 0.313 e. The lowest BCUT2D eigenvalue weighted by molar-refractivity contribution is -0.145. The molecule has 0 aliphatic heterocycles. The molecule has 1 N–H and O–H groups in total. The standard InChI is InChI=1S/C23H21N3O5S/c1-3-31-19(28)12-14(27)13-32-23-25-20-15-8-4-5-9-16(15)24-21(20)22(29)26(23)17-10-6-7-11-18(17)30-2/h4-11,24H,3,12-13H2,1-2H3. The molecule has 0 amide bonds. The van der Waals surface area contributed by atoms with Gasteiger partial charge in [-0.15, -0.1) is 0 Å². The molecule has 4 rings (SSSR count). The van der Waals surface area contributed by atoms with E-state index < -0.39 is 5.97 Å². The quantitative estimate of drug-likeness (QED) is 0.189. The van der Waals surface area contributed by atoms with E-state index in [1.807, 2.05) is 24.3 Å². The van der Waals surface area contributed by atoms with Crippen molar-refractivity contribution in [3.8, 4) is 11.4 Å². The summed E-state index contributed by atoms with van der Waals surface area (Å²) < 4.78 is 11.7. The van der Waals surface area contributed by atoms with Gasteiger partial charge in [-0.2, -0.15) is 0 Å². The molecular weight excluding hydrogens is 430 g/mol. The van der Waals surface area contributed by atoms with Crippen LogP contribution in [0.15, 0.2) is 58.5 Å². The first kappa shape index (κ1) is 21.6. The second-order valence-electron chi connectivity index (χ2n) is 6.91. The molecule has 8 nitrogen and oxygen atoms in total. The molecule has 0 bridgehead atoms. The van der Waals surface area contributed by atoms with Crippen molar-refractivity contribution in [1.82, 2.24) is 14.5 Å². The molecule has 0 spiro atoms. The lowest BCUT2D eigenvalue weighted by atomic mass is 10.2. The van der Waals surface area contributed by atoms with Gasteiger partial charge in [0.2, 0.25) is 0 Å². The normalized spacial score (nSPS) is 11.1. The number of para-hydroxylation sites is 3. The maximum absolute atomic E-state index is 13.6. The van der Waals surface area contributed by atoms with E-state index in [1.165, 1.54) is 11.7 Å². The molecule has 9 heteroatoms. The Hall–Kier alpha value is -3.59. The average molecular weight is 452 g/mol. The van der Waals surface area contributed by atoms with Gasteiger partial charge in [-0.05, 0) is 25.1 Å². The fourth-order valence-electron chi connectivity index (χ4n) is 3.44. The number of thioether (sulfide) groups is 1. The van der Waals surface area contributed by atoms with Crippen molar-refractivity contribution in [1.29, 1.82) is 0 Å². The van der Waals surface area contributed by atoms with Gasteiger partial charge in [-0.3, -0.25) is 14.4 Å². The zero-order valence-electron chi connectivity index (χ0n) is 17.6. The molecule has 0 aliphatic rings. The van der Waals surface area contributed by atoms with Crippen LogP contribution in [-0.2, 0) is 14.3 Å². The average Bonchev–Trinajstić information content (AvgIpc) is 3.17. The number of ketones is 1. The summed E-state index contributed by atoms with van der Waals surface area (Å²) in [4.78, 5) is 45.4. The van der Waals surface area contributed by atoms with Gasteiger partial charge in [0, 0.05) is 10.9 Å². The molecule has 164 valence electrons. The van der Waals surface area contributed by atoms with Crippen molar-refractivity contribution >= 4 is 45.5 Å². The molecule has 2 aromatic heterocycles. The fraction of sp³-hybridized carbons (Fsp3) is 0.217. The van der Waals surface area contributed by atoms with E-state index in [4.69, 9.17) is 14.5 Å². The SMILES string of the molecule is CCOC(=O)CC(=O)CSc1nc2c([nH]c3ccccc32)c(=O)n1-c1ccccc1OC. The van der Waals surface area contributed by atoms with Gasteiger partial charge in [0.05, 0.1) is 25.2 Å². The summed E-state index contributed by atoms with van der Waals surface area (Å²) in [5, 5.41) is 1.14. The van der Waals surface area contributed by atoms with Crippen LogP contribution in [0.25, 0.3) is 27.6 Å². The minimum atomic E-state index is -0.569. The van der Waals surface area contributed by atoms with Crippen LogP contribution in [0.1, 0.15) is 13.3 Å². The third-order valence-corrected chi connectivity index (χ3v) is 5.83. The predicted molar refractivity (Wildman–Crippen MR) is 123 cm³/mol. The van der Waals surface area contributed by atoms with Crippen molar-refractivity contribution in [2.24, 2.45) is 0 Å². The van der Waals surface area contributed by atoms with Crippen LogP contribution in [0.5, 0.6) is 5.75 Å². The lowest BCUT2D eigenvalue weighted by Crippen LogP contribution is -2.23. The number of hydrogen-bond acceptors (Lipinski definition) is 7. The minimum Gasteiger partial charge on any atom is -0.495 e. The van der Waals surface area contributed by atoms with Crippen LogP contribution in [0.2, 0.25) is 0 Å². The highest BCUT2D eigenvalue weighted by molar-refractivity contribution is 7.99. The highest BCUT2D eigenvalue weighted by Crippen LogP contribution is 2.29. The number of nitrogens with one attached hydrogen (secondary N) is 1. The summed E-state index contributed by atoms with van der Waals surface area (Å²) in [6.45, 7) is 1.90. The summed E-state index contributed by atoms with van der Waals surface area (Å²) >= 11 is 1.10. The number of esters is 1. The summed E-state index contributed by atoms with van der Waals surface area (Å²) in [6.07, 6.45) is -0.324. The van der Waals surface area contributed by atoms with E-state index in [2.05, 4.69) is 4.98 Å². The maximum Gasteiger partial charge on any atom is 0.313 e. The Labute approximate surface area is 187 Å². The molecule has 0 unspecified atom stereocenters. The number of carbonyl (C=O) groups excluding carboxylic acids is 2. The highest BCUT2D eigenvalue weighted by Gasteiger charge is 2.20. The Morgan fingerprint density at radius 1 is 1.12 bits per heavy atom. The molecule has 0 saturated heterocycles. The molecule has 0 radical (unpaired) electrons. The minimum absolute atomic E-state index is 0.0335. The topological polar surface area (TPSA) is 103 Å². The van der Waals surface area contributed by atoms with Gasteiger partial charge >= 0.3 is 5.97 Å². The van der Waals surface area contributed by atoms with Crippen LogP contribution >= 0.6 is 11.8 Å². The molecule has 32 heavy (non-hydrogen) atoms. The van der Waals surface area contributed by atoms with Gasteiger partial charge < -0.3 is 14.5 Å². The van der Waals surface area contributed by atoms with Crippen LogP contribution in [0.4, 0.5) is 0 Å². The molecular formula is C23H21N3O5S. The van der Waals surface area contributed by atoms with Gasteiger partial charge in [0.1, 0.15) is 23.2 Å². The number of rotatable bonds is 8. The Kier molecular flexibility index (Phi) is 6.27. The third-order valence-electron chi connectivity index (χ3n) is 4.83. The number of nitrogens with zero attached hydrogens (tertiary/aromatic N) is 2. The summed E-state index contributed by atoms with van der Waals surface area (Å²) in [5.41, 5.74) is 1.88. The van der Waals surface area contributed by atoms with Crippen LogP contribution in [-0.4, -0.2) is 45.8 Å². The van der Waals surface area contributed by atoms with E-state index in [0.717, 1.165) is 22.7 Å².